The monoisotopic (exact) mass is 363 g/mol. The second-order valence-corrected chi connectivity index (χ2v) is 8.45. The number of hydrogen-bond acceptors (Lipinski definition) is 3. The zero-order valence-electron chi connectivity index (χ0n) is 16.5. The van der Waals surface area contributed by atoms with E-state index in [1.807, 2.05) is 60.1 Å². The zero-order valence-corrected chi connectivity index (χ0v) is 17.3. The molecule has 6 heteroatoms. The highest BCUT2D eigenvalue weighted by atomic mass is 32.2. The lowest BCUT2D eigenvalue weighted by Gasteiger charge is -2.19. The van der Waals surface area contributed by atoms with E-state index in [0.717, 1.165) is 51.3 Å². The van der Waals surface area contributed by atoms with Gasteiger partial charge < -0.3 is 0 Å². The van der Waals surface area contributed by atoms with Gasteiger partial charge in [0.15, 0.2) is 0 Å². The van der Waals surface area contributed by atoms with Crippen molar-refractivity contribution in [3.8, 4) is 0 Å². The lowest BCUT2D eigenvalue weighted by Crippen LogP contribution is -2.26. The van der Waals surface area contributed by atoms with Crippen LogP contribution in [0.2, 0.25) is 0 Å². The Morgan fingerprint density at radius 1 is 0.880 bits per heavy atom. The highest BCUT2D eigenvalue weighted by Gasteiger charge is 2.24. The summed E-state index contributed by atoms with van der Waals surface area (Å²) in [5, 5.41) is 4.46. The average molecular weight is 364 g/mol. The van der Waals surface area contributed by atoms with Gasteiger partial charge in [-0.05, 0) is 83.2 Å². The molecule has 25 heavy (non-hydrogen) atoms. The largest absolute Gasteiger partial charge is 0.270 e. The third kappa shape index (κ3) is 3.37. The van der Waals surface area contributed by atoms with Crippen molar-refractivity contribution >= 4 is 10.0 Å². The first-order chi connectivity index (χ1) is 11.5. The van der Waals surface area contributed by atoms with E-state index in [4.69, 9.17) is 0 Å². The third-order valence-corrected chi connectivity index (χ3v) is 7.14. The Hall–Kier alpha value is -1.66. The van der Waals surface area contributed by atoms with Crippen LogP contribution in [0.15, 0.2) is 4.90 Å². The molecule has 1 aromatic heterocycles. The summed E-state index contributed by atoms with van der Waals surface area (Å²) in [6.07, 6.45) is 0. The van der Waals surface area contributed by atoms with Crippen LogP contribution in [0.25, 0.3) is 0 Å². The van der Waals surface area contributed by atoms with Gasteiger partial charge in [-0.15, -0.1) is 0 Å². The van der Waals surface area contributed by atoms with Crippen molar-refractivity contribution < 1.29 is 8.42 Å². The smallest absolute Gasteiger partial charge is 0.241 e. The van der Waals surface area contributed by atoms with E-state index in [1.54, 1.807) is 0 Å². The Bertz CT molecular complexity index is 896. The second kappa shape index (κ2) is 6.92. The fraction of sp³-hybridized carbons (Fsp3) is 0.526. The first-order valence-electron chi connectivity index (χ1n) is 8.62. The molecular weight excluding hydrogens is 334 g/mol. The molecular formula is C19H29N3O2S. The molecule has 0 atom stereocenters. The minimum absolute atomic E-state index is 0.255. The van der Waals surface area contributed by atoms with E-state index in [-0.39, 0.29) is 6.54 Å². The molecule has 0 saturated heterocycles. The number of nitrogens with zero attached hydrogens (tertiary/aromatic N) is 2. The first-order valence-corrected chi connectivity index (χ1v) is 10.1. The third-order valence-electron chi connectivity index (χ3n) is 5.47. The van der Waals surface area contributed by atoms with E-state index < -0.39 is 10.0 Å². The molecule has 2 rings (SSSR count). The van der Waals surface area contributed by atoms with Crippen LogP contribution >= 0.6 is 0 Å². The highest BCUT2D eigenvalue weighted by Crippen LogP contribution is 2.29. The molecule has 0 amide bonds. The Morgan fingerprint density at radius 3 is 1.80 bits per heavy atom. The molecule has 5 nitrogen and oxygen atoms in total. The minimum atomic E-state index is -3.60. The summed E-state index contributed by atoms with van der Waals surface area (Å²) in [6.45, 7) is 16.7. The number of benzene rings is 1. The fourth-order valence-electron chi connectivity index (χ4n) is 3.41. The quantitative estimate of drug-likeness (QED) is 0.884. The van der Waals surface area contributed by atoms with Crippen LogP contribution in [-0.2, 0) is 23.1 Å². The van der Waals surface area contributed by atoms with E-state index in [1.165, 1.54) is 0 Å². The van der Waals surface area contributed by atoms with Gasteiger partial charge >= 0.3 is 0 Å². The van der Waals surface area contributed by atoms with Gasteiger partial charge in [0.05, 0.1) is 10.6 Å². The van der Waals surface area contributed by atoms with Crippen LogP contribution < -0.4 is 4.72 Å². The number of nitrogens with one attached hydrogen (secondary N) is 1. The fourth-order valence-corrected chi connectivity index (χ4v) is 5.00. The van der Waals surface area contributed by atoms with Gasteiger partial charge in [-0.3, -0.25) is 4.68 Å². The summed E-state index contributed by atoms with van der Waals surface area (Å²) in [5.41, 5.74) is 7.70. The molecule has 0 spiro atoms. The Balaban J connectivity index is 2.44. The summed E-state index contributed by atoms with van der Waals surface area (Å²) in [7, 11) is -3.60. The molecule has 138 valence electrons. The van der Waals surface area contributed by atoms with Crippen LogP contribution in [0.5, 0.6) is 0 Å². The van der Waals surface area contributed by atoms with Crippen molar-refractivity contribution in [1.82, 2.24) is 14.5 Å². The van der Waals surface area contributed by atoms with E-state index >= 15 is 0 Å². The summed E-state index contributed by atoms with van der Waals surface area (Å²) < 4.78 is 30.7. The Labute approximate surface area is 151 Å². The van der Waals surface area contributed by atoms with Gasteiger partial charge in [0.2, 0.25) is 10.0 Å². The van der Waals surface area contributed by atoms with Crippen molar-refractivity contribution in [2.24, 2.45) is 0 Å². The number of aromatic nitrogens is 2. The number of rotatable bonds is 5. The number of hydrogen-bond donors (Lipinski definition) is 1. The molecule has 0 bridgehead atoms. The van der Waals surface area contributed by atoms with Crippen LogP contribution in [0, 0.1) is 48.5 Å². The highest BCUT2D eigenvalue weighted by molar-refractivity contribution is 7.89. The summed E-state index contributed by atoms with van der Waals surface area (Å²) >= 11 is 0. The Kier molecular flexibility index (Phi) is 5.44. The summed E-state index contributed by atoms with van der Waals surface area (Å²) in [6, 6.07) is 0. The van der Waals surface area contributed by atoms with Crippen molar-refractivity contribution in [2.45, 2.75) is 73.4 Å². The summed E-state index contributed by atoms with van der Waals surface area (Å²) in [4.78, 5) is 0.409. The number of sulfonamides is 1. The molecule has 0 fully saturated rings. The predicted molar refractivity (Wildman–Crippen MR) is 102 cm³/mol. The topological polar surface area (TPSA) is 64.0 Å². The summed E-state index contributed by atoms with van der Waals surface area (Å²) in [5.74, 6) is 0. The molecule has 0 aliphatic heterocycles. The first kappa shape index (κ1) is 19.7. The minimum Gasteiger partial charge on any atom is -0.270 e. The van der Waals surface area contributed by atoms with Gasteiger partial charge in [0, 0.05) is 24.3 Å². The molecule has 1 aromatic carbocycles. The SMILES string of the molecule is CCn1nc(C)c(CNS(=O)(=O)c2c(C)c(C)c(C)c(C)c2C)c1C. The zero-order chi connectivity index (χ0) is 19.1. The van der Waals surface area contributed by atoms with Crippen LogP contribution in [-0.4, -0.2) is 18.2 Å². The maximum absolute atomic E-state index is 13.0. The average Bonchev–Trinajstić information content (AvgIpc) is 2.82. The van der Waals surface area contributed by atoms with Gasteiger partial charge in [0.25, 0.3) is 0 Å². The van der Waals surface area contributed by atoms with E-state index in [9.17, 15) is 8.42 Å². The molecule has 1 N–H and O–H groups in total. The van der Waals surface area contributed by atoms with Crippen molar-refractivity contribution in [1.29, 1.82) is 0 Å². The molecule has 0 radical (unpaired) electrons. The van der Waals surface area contributed by atoms with Crippen molar-refractivity contribution in [3.05, 3.63) is 44.8 Å². The molecule has 0 aliphatic carbocycles. The second-order valence-electron chi connectivity index (χ2n) is 6.74. The normalized spacial score (nSPS) is 12.0. The van der Waals surface area contributed by atoms with Crippen LogP contribution in [0.3, 0.4) is 0 Å². The lowest BCUT2D eigenvalue weighted by atomic mass is 9.95. The van der Waals surface area contributed by atoms with Crippen LogP contribution in [0.4, 0.5) is 0 Å². The van der Waals surface area contributed by atoms with E-state index in [0.29, 0.717) is 4.90 Å². The molecule has 0 saturated carbocycles. The Morgan fingerprint density at radius 2 is 1.36 bits per heavy atom. The maximum atomic E-state index is 13.0. The van der Waals surface area contributed by atoms with Gasteiger partial charge in [-0.25, -0.2) is 13.1 Å². The molecule has 2 aromatic rings. The number of aryl methyl sites for hydroxylation is 2. The van der Waals surface area contributed by atoms with Crippen LogP contribution in [0.1, 0.15) is 51.7 Å². The maximum Gasteiger partial charge on any atom is 0.241 e. The van der Waals surface area contributed by atoms with Crippen molar-refractivity contribution in [3.63, 3.8) is 0 Å². The standard InChI is InChI=1S/C19H29N3O2S/c1-9-22-17(8)18(16(7)21-22)10-20-25(23,24)19-14(5)12(3)11(2)13(4)15(19)6/h20H,9-10H2,1-8H3. The van der Waals surface area contributed by atoms with Gasteiger partial charge in [0.1, 0.15) is 0 Å². The molecule has 0 aliphatic rings. The lowest BCUT2D eigenvalue weighted by molar-refractivity contribution is 0.579. The van der Waals surface area contributed by atoms with Gasteiger partial charge in [-0.2, -0.15) is 5.10 Å². The van der Waals surface area contributed by atoms with Gasteiger partial charge in [-0.1, -0.05) is 0 Å². The van der Waals surface area contributed by atoms with Crippen molar-refractivity contribution in [2.75, 3.05) is 0 Å². The molecule has 1 heterocycles. The van der Waals surface area contributed by atoms with E-state index in [2.05, 4.69) is 9.82 Å². The predicted octanol–water partition coefficient (Wildman–Crippen LogP) is 3.54. The molecule has 0 unspecified atom stereocenters.